The summed E-state index contributed by atoms with van der Waals surface area (Å²) in [5.74, 6) is -1.38. The van der Waals surface area contributed by atoms with Crippen LogP contribution in [0.3, 0.4) is 0 Å². The molecule has 0 spiro atoms. The monoisotopic (exact) mass is 466 g/mol. The van der Waals surface area contributed by atoms with Gasteiger partial charge in [-0.3, -0.25) is 29.4 Å². The van der Waals surface area contributed by atoms with Crippen molar-refractivity contribution in [2.24, 2.45) is 0 Å². The van der Waals surface area contributed by atoms with Crippen molar-refractivity contribution >= 4 is 29.1 Å². The smallest absolute Gasteiger partial charge is 0.270 e. The van der Waals surface area contributed by atoms with E-state index in [2.05, 4.69) is 4.90 Å². The lowest BCUT2D eigenvalue weighted by Crippen LogP contribution is -2.49. The van der Waals surface area contributed by atoms with Crippen molar-refractivity contribution in [2.75, 3.05) is 44.3 Å². The number of imide groups is 1. The Morgan fingerprint density at radius 1 is 1.15 bits per heavy atom. The molecule has 1 atom stereocenters. The highest BCUT2D eigenvalue weighted by molar-refractivity contribution is 6.23. The fraction of sp³-hybridized carbons (Fsp3) is 0.375. The molecular formula is C24H26N4O6. The summed E-state index contributed by atoms with van der Waals surface area (Å²) in [5, 5.41) is 11.2. The first-order valence-electron chi connectivity index (χ1n) is 11.1. The van der Waals surface area contributed by atoms with E-state index in [0.717, 1.165) is 10.5 Å². The van der Waals surface area contributed by atoms with E-state index in [-0.39, 0.29) is 30.1 Å². The molecule has 2 heterocycles. The van der Waals surface area contributed by atoms with Crippen LogP contribution in [0.5, 0.6) is 0 Å². The second kappa shape index (κ2) is 10.1. The molecule has 2 fully saturated rings. The summed E-state index contributed by atoms with van der Waals surface area (Å²) < 4.78 is 5.37. The molecule has 2 aromatic rings. The van der Waals surface area contributed by atoms with E-state index in [4.69, 9.17) is 4.74 Å². The topological polar surface area (TPSA) is 113 Å². The van der Waals surface area contributed by atoms with Gasteiger partial charge in [-0.1, -0.05) is 23.8 Å². The molecule has 0 bridgehead atoms. The van der Waals surface area contributed by atoms with E-state index in [1.165, 1.54) is 29.2 Å². The van der Waals surface area contributed by atoms with Gasteiger partial charge in [0.1, 0.15) is 6.04 Å². The van der Waals surface area contributed by atoms with Crippen LogP contribution in [0.4, 0.5) is 11.4 Å². The highest BCUT2D eigenvalue weighted by Crippen LogP contribution is 2.27. The maximum Gasteiger partial charge on any atom is 0.270 e. The van der Waals surface area contributed by atoms with Gasteiger partial charge in [-0.15, -0.1) is 0 Å². The second-order valence-electron chi connectivity index (χ2n) is 8.38. The maximum absolute atomic E-state index is 13.5. The first-order chi connectivity index (χ1) is 16.3. The lowest BCUT2D eigenvalue weighted by Gasteiger charge is -2.32. The molecule has 10 nitrogen and oxygen atoms in total. The number of nitro groups is 1. The number of aryl methyl sites for hydroxylation is 1. The molecule has 3 amide bonds. The Bertz CT molecular complexity index is 1100. The molecule has 4 rings (SSSR count). The fourth-order valence-electron chi connectivity index (χ4n) is 4.22. The van der Waals surface area contributed by atoms with Crippen LogP contribution in [0.2, 0.25) is 0 Å². The van der Waals surface area contributed by atoms with Crippen LogP contribution in [-0.4, -0.2) is 77.9 Å². The summed E-state index contributed by atoms with van der Waals surface area (Å²) in [6, 6.07) is 11.5. The van der Waals surface area contributed by atoms with Crippen LogP contribution in [-0.2, 0) is 14.3 Å². The summed E-state index contributed by atoms with van der Waals surface area (Å²) >= 11 is 0. The summed E-state index contributed by atoms with van der Waals surface area (Å²) in [7, 11) is 0. The van der Waals surface area contributed by atoms with Gasteiger partial charge >= 0.3 is 0 Å². The van der Waals surface area contributed by atoms with Crippen LogP contribution in [0.15, 0.2) is 48.5 Å². The molecule has 34 heavy (non-hydrogen) atoms. The van der Waals surface area contributed by atoms with Gasteiger partial charge in [-0.25, -0.2) is 4.90 Å². The Balaban J connectivity index is 1.61. The van der Waals surface area contributed by atoms with Crippen LogP contribution >= 0.6 is 0 Å². The minimum absolute atomic E-state index is 0.102. The first kappa shape index (κ1) is 23.5. The summed E-state index contributed by atoms with van der Waals surface area (Å²) in [6.45, 7) is 5.17. The molecule has 0 radical (unpaired) electrons. The molecule has 0 aliphatic carbocycles. The molecule has 2 saturated heterocycles. The zero-order valence-electron chi connectivity index (χ0n) is 18.9. The number of anilines is 1. The minimum Gasteiger partial charge on any atom is -0.379 e. The van der Waals surface area contributed by atoms with E-state index >= 15 is 0 Å². The van der Waals surface area contributed by atoms with Crippen LogP contribution in [0, 0.1) is 17.0 Å². The quantitative estimate of drug-likeness (QED) is 0.348. The molecule has 2 aliphatic heterocycles. The SMILES string of the molecule is Cc1ccc(N2C(=O)CC(N(CCN3CCOCC3)C(=O)c3cccc([N+](=O)[O-])c3)C2=O)cc1. The van der Waals surface area contributed by atoms with Gasteiger partial charge in [0.2, 0.25) is 5.91 Å². The van der Waals surface area contributed by atoms with E-state index in [1.807, 2.05) is 19.1 Å². The Labute approximate surface area is 196 Å². The van der Waals surface area contributed by atoms with Crippen molar-refractivity contribution in [2.45, 2.75) is 19.4 Å². The number of nitro benzene ring substituents is 1. The molecule has 0 aromatic heterocycles. The molecule has 10 heteroatoms. The number of ether oxygens (including phenoxy) is 1. The van der Waals surface area contributed by atoms with Gasteiger partial charge in [0.25, 0.3) is 17.5 Å². The number of carbonyl (C=O) groups excluding carboxylic acids is 3. The minimum atomic E-state index is -0.985. The lowest BCUT2D eigenvalue weighted by molar-refractivity contribution is -0.384. The van der Waals surface area contributed by atoms with E-state index in [9.17, 15) is 24.5 Å². The van der Waals surface area contributed by atoms with Gasteiger partial charge in [0, 0.05) is 43.9 Å². The molecule has 0 N–H and O–H groups in total. The molecule has 2 aromatic carbocycles. The second-order valence-corrected chi connectivity index (χ2v) is 8.38. The molecule has 0 saturated carbocycles. The van der Waals surface area contributed by atoms with Gasteiger partial charge < -0.3 is 9.64 Å². The van der Waals surface area contributed by atoms with Crippen LogP contribution in [0.25, 0.3) is 0 Å². The standard InChI is InChI=1S/C24H26N4O6/c1-17-5-7-19(8-6-17)27-22(29)16-21(24(27)31)26(10-9-25-11-13-34-14-12-25)23(30)18-3-2-4-20(15-18)28(32)33/h2-8,15,21H,9-14,16H2,1H3. The van der Waals surface area contributed by atoms with Gasteiger partial charge in [0.05, 0.1) is 30.2 Å². The van der Waals surface area contributed by atoms with Crippen LogP contribution in [0.1, 0.15) is 22.3 Å². The summed E-state index contributed by atoms with van der Waals surface area (Å²) in [6.07, 6.45) is -0.142. The normalized spacial score (nSPS) is 18.9. The fourth-order valence-corrected chi connectivity index (χ4v) is 4.22. The Hall–Kier alpha value is -3.63. The highest BCUT2D eigenvalue weighted by atomic mass is 16.6. The number of rotatable bonds is 7. The van der Waals surface area contributed by atoms with Crippen LogP contribution < -0.4 is 4.90 Å². The van der Waals surface area contributed by atoms with E-state index in [1.54, 1.807) is 12.1 Å². The molecule has 178 valence electrons. The predicted octanol–water partition coefficient (Wildman–Crippen LogP) is 2.01. The van der Waals surface area contributed by atoms with Gasteiger partial charge in [-0.05, 0) is 25.1 Å². The Morgan fingerprint density at radius 2 is 1.85 bits per heavy atom. The third-order valence-corrected chi connectivity index (χ3v) is 6.12. The molecule has 2 aliphatic rings. The van der Waals surface area contributed by atoms with Crippen molar-refractivity contribution < 1.29 is 24.0 Å². The van der Waals surface area contributed by atoms with Gasteiger partial charge in [0.15, 0.2) is 0 Å². The number of carbonyl (C=O) groups is 3. The van der Waals surface area contributed by atoms with Gasteiger partial charge in [-0.2, -0.15) is 0 Å². The number of hydrogen-bond donors (Lipinski definition) is 0. The number of morpholine rings is 1. The number of hydrogen-bond acceptors (Lipinski definition) is 7. The maximum atomic E-state index is 13.5. The molecule has 1 unspecified atom stereocenters. The first-order valence-corrected chi connectivity index (χ1v) is 11.1. The third kappa shape index (κ3) is 4.97. The zero-order valence-corrected chi connectivity index (χ0v) is 18.9. The summed E-state index contributed by atoms with van der Waals surface area (Å²) in [5.41, 5.74) is 1.34. The number of nitrogens with zero attached hydrogens (tertiary/aromatic N) is 4. The molecular weight excluding hydrogens is 440 g/mol. The predicted molar refractivity (Wildman–Crippen MR) is 123 cm³/mol. The summed E-state index contributed by atoms with van der Waals surface area (Å²) in [4.78, 5) is 55.0. The average molecular weight is 466 g/mol. The lowest BCUT2D eigenvalue weighted by atomic mass is 10.1. The third-order valence-electron chi connectivity index (χ3n) is 6.12. The van der Waals surface area contributed by atoms with E-state index < -0.39 is 22.8 Å². The largest absolute Gasteiger partial charge is 0.379 e. The number of non-ortho nitro benzene ring substituents is 1. The van der Waals surface area contributed by atoms with Crippen molar-refractivity contribution in [1.82, 2.24) is 9.80 Å². The average Bonchev–Trinajstić information content (AvgIpc) is 3.14. The van der Waals surface area contributed by atoms with Crippen molar-refractivity contribution in [3.63, 3.8) is 0 Å². The number of benzene rings is 2. The number of amides is 3. The highest BCUT2D eigenvalue weighted by Gasteiger charge is 2.44. The van der Waals surface area contributed by atoms with Crippen molar-refractivity contribution in [3.8, 4) is 0 Å². The van der Waals surface area contributed by atoms with E-state index in [0.29, 0.717) is 38.5 Å². The Morgan fingerprint density at radius 3 is 2.53 bits per heavy atom. The van der Waals surface area contributed by atoms with Crippen molar-refractivity contribution in [3.05, 3.63) is 69.8 Å². The zero-order chi connectivity index (χ0) is 24.2. The van der Waals surface area contributed by atoms with Crippen molar-refractivity contribution in [1.29, 1.82) is 0 Å². The Kier molecular flexibility index (Phi) is 6.99.